The zero-order chi connectivity index (χ0) is 16.7. The molecule has 0 bridgehead atoms. The molecule has 0 saturated heterocycles. The van der Waals surface area contributed by atoms with Crippen molar-refractivity contribution in [1.82, 2.24) is 4.90 Å². The van der Waals surface area contributed by atoms with Crippen molar-refractivity contribution >= 4 is 5.91 Å². The maximum atomic E-state index is 12.8. The highest BCUT2D eigenvalue weighted by atomic mass is 19.1. The standard InChI is InChI=1S/C18H20FNO3/c1-20(13-14-5-2-3-6-17(14)21)18(22)7-4-12-23-16-10-8-15(19)9-11-16/h2-3,5-6,8-11,21H,4,7,12-13H2,1H3. The third kappa shape index (κ3) is 5.29. The van der Waals surface area contributed by atoms with Crippen LogP contribution in [0.4, 0.5) is 4.39 Å². The first-order chi connectivity index (χ1) is 11.1. The summed E-state index contributed by atoms with van der Waals surface area (Å²) in [5.74, 6) is 0.447. The summed E-state index contributed by atoms with van der Waals surface area (Å²) in [5, 5.41) is 9.72. The SMILES string of the molecule is CN(Cc1ccccc1O)C(=O)CCCOc1ccc(F)cc1. The Kier molecular flexibility index (Phi) is 5.97. The molecule has 0 aromatic heterocycles. The summed E-state index contributed by atoms with van der Waals surface area (Å²) < 4.78 is 18.2. The van der Waals surface area contributed by atoms with E-state index in [1.165, 1.54) is 12.1 Å². The molecule has 0 aliphatic rings. The number of phenolic OH excluding ortho intramolecular Hbond substituents is 1. The van der Waals surface area contributed by atoms with Crippen molar-refractivity contribution in [3.63, 3.8) is 0 Å². The number of ether oxygens (including phenoxy) is 1. The van der Waals surface area contributed by atoms with Gasteiger partial charge in [0.05, 0.1) is 6.61 Å². The molecule has 23 heavy (non-hydrogen) atoms. The van der Waals surface area contributed by atoms with Gasteiger partial charge in [0.15, 0.2) is 0 Å². The van der Waals surface area contributed by atoms with E-state index in [4.69, 9.17) is 4.74 Å². The summed E-state index contributed by atoms with van der Waals surface area (Å²) in [6, 6.07) is 12.7. The molecule has 122 valence electrons. The second-order valence-corrected chi connectivity index (χ2v) is 5.28. The van der Waals surface area contributed by atoms with Crippen LogP contribution in [0.5, 0.6) is 11.5 Å². The highest BCUT2D eigenvalue weighted by molar-refractivity contribution is 5.75. The maximum Gasteiger partial charge on any atom is 0.222 e. The van der Waals surface area contributed by atoms with Gasteiger partial charge in [0.1, 0.15) is 17.3 Å². The van der Waals surface area contributed by atoms with Gasteiger partial charge in [-0.3, -0.25) is 4.79 Å². The Morgan fingerprint density at radius 3 is 2.57 bits per heavy atom. The first-order valence-electron chi connectivity index (χ1n) is 7.45. The van der Waals surface area contributed by atoms with E-state index in [1.807, 2.05) is 6.07 Å². The lowest BCUT2D eigenvalue weighted by molar-refractivity contribution is -0.130. The van der Waals surface area contributed by atoms with Gasteiger partial charge in [0, 0.05) is 25.6 Å². The number of nitrogens with zero attached hydrogens (tertiary/aromatic N) is 1. The highest BCUT2D eigenvalue weighted by Crippen LogP contribution is 2.17. The van der Waals surface area contributed by atoms with Crippen LogP contribution in [-0.4, -0.2) is 29.6 Å². The lowest BCUT2D eigenvalue weighted by Crippen LogP contribution is -2.26. The molecule has 2 rings (SSSR count). The lowest BCUT2D eigenvalue weighted by atomic mass is 10.2. The second kappa shape index (κ2) is 8.17. The Morgan fingerprint density at radius 2 is 1.87 bits per heavy atom. The van der Waals surface area contributed by atoms with E-state index in [1.54, 1.807) is 42.3 Å². The lowest BCUT2D eigenvalue weighted by Gasteiger charge is -2.18. The summed E-state index contributed by atoms with van der Waals surface area (Å²) >= 11 is 0. The zero-order valence-corrected chi connectivity index (χ0v) is 13.0. The van der Waals surface area contributed by atoms with E-state index < -0.39 is 0 Å². The molecule has 0 aliphatic carbocycles. The number of benzene rings is 2. The Bertz CT molecular complexity index is 643. The van der Waals surface area contributed by atoms with E-state index in [9.17, 15) is 14.3 Å². The first-order valence-corrected chi connectivity index (χ1v) is 7.45. The Morgan fingerprint density at radius 1 is 1.17 bits per heavy atom. The number of carbonyl (C=O) groups is 1. The summed E-state index contributed by atoms with van der Waals surface area (Å²) in [5.41, 5.74) is 0.714. The van der Waals surface area contributed by atoms with Crippen LogP contribution in [0.3, 0.4) is 0 Å². The van der Waals surface area contributed by atoms with Gasteiger partial charge in [-0.05, 0) is 36.8 Å². The number of phenols is 1. The smallest absolute Gasteiger partial charge is 0.222 e. The molecule has 0 radical (unpaired) electrons. The highest BCUT2D eigenvalue weighted by Gasteiger charge is 2.11. The van der Waals surface area contributed by atoms with Crippen LogP contribution < -0.4 is 4.74 Å². The van der Waals surface area contributed by atoms with Crippen molar-refractivity contribution in [3.05, 3.63) is 59.9 Å². The molecular weight excluding hydrogens is 297 g/mol. The third-order valence-corrected chi connectivity index (χ3v) is 3.44. The number of hydrogen-bond donors (Lipinski definition) is 1. The van der Waals surface area contributed by atoms with Crippen molar-refractivity contribution in [2.45, 2.75) is 19.4 Å². The van der Waals surface area contributed by atoms with Gasteiger partial charge in [0.2, 0.25) is 5.91 Å². The van der Waals surface area contributed by atoms with Gasteiger partial charge in [-0.25, -0.2) is 4.39 Å². The molecule has 0 unspecified atom stereocenters. The Hall–Kier alpha value is -2.56. The van der Waals surface area contributed by atoms with Crippen LogP contribution in [0.2, 0.25) is 0 Å². The number of halogens is 1. The van der Waals surface area contributed by atoms with Crippen molar-refractivity contribution in [3.8, 4) is 11.5 Å². The predicted molar refractivity (Wildman–Crippen MR) is 85.7 cm³/mol. The summed E-state index contributed by atoms with van der Waals surface area (Å²) in [6.07, 6.45) is 0.923. The molecule has 0 heterocycles. The van der Waals surface area contributed by atoms with E-state index >= 15 is 0 Å². The first kappa shape index (κ1) is 16.8. The van der Waals surface area contributed by atoms with E-state index in [0.29, 0.717) is 37.3 Å². The van der Waals surface area contributed by atoms with Gasteiger partial charge in [-0.2, -0.15) is 0 Å². The minimum Gasteiger partial charge on any atom is -0.508 e. The molecule has 2 aromatic rings. The number of hydrogen-bond acceptors (Lipinski definition) is 3. The van der Waals surface area contributed by atoms with Crippen LogP contribution in [0.1, 0.15) is 18.4 Å². The summed E-state index contributed by atoms with van der Waals surface area (Å²) in [4.78, 5) is 13.6. The molecule has 0 aliphatic heterocycles. The minimum absolute atomic E-state index is 0.0176. The van der Waals surface area contributed by atoms with Gasteiger partial charge in [-0.15, -0.1) is 0 Å². The largest absolute Gasteiger partial charge is 0.508 e. The van der Waals surface area contributed by atoms with Crippen LogP contribution >= 0.6 is 0 Å². The average Bonchev–Trinajstić information content (AvgIpc) is 2.55. The van der Waals surface area contributed by atoms with Crippen LogP contribution in [0.15, 0.2) is 48.5 Å². The monoisotopic (exact) mass is 317 g/mol. The third-order valence-electron chi connectivity index (χ3n) is 3.44. The predicted octanol–water partition coefficient (Wildman–Crippen LogP) is 3.35. The second-order valence-electron chi connectivity index (χ2n) is 5.28. The molecule has 4 nitrogen and oxygen atoms in total. The average molecular weight is 317 g/mol. The Balaban J connectivity index is 1.72. The summed E-state index contributed by atoms with van der Waals surface area (Å²) in [6.45, 7) is 0.756. The van der Waals surface area contributed by atoms with Crippen LogP contribution in [-0.2, 0) is 11.3 Å². The van der Waals surface area contributed by atoms with E-state index in [0.717, 1.165) is 0 Å². The molecule has 0 atom stereocenters. The van der Waals surface area contributed by atoms with E-state index in [2.05, 4.69) is 0 Å². The Labute approximate surface area is 135 Å². The molecule has 1 N–H and O–H groups in total. The molecule has 0 saturated carbocycles. The normalized spacial score (nSPS) is 10.3. The quantitative estimate of drug-likeness (QED) is 0.797. The fraction of sp³-hybridized carbons (Fsp3) is 0.278. The van der Waals surface area contributed by atoms with Crippen LogP contribution in [0.25, 0.3) is 0 Å². The zero-order valence-electron chi connectivity index (χ0n) is 13.0. The van der Waals surface area contributed by atoms with Crippen molar-refractivity contribution < 1.29 is 19.0 Å². The molecular formula is C18H20FNO3. The van der Waals surface area contributed by atoms with Crippen molar-refractivity contribution in [1.29, 1.82) is 0 Å². The van der Waals surface area contributed by atoms with Crippen molar-refractivity contribution in [2.75, 3.05) is 13.7 Å². The molecule has 5 heteroatoms. The fourth-order valence-electron chi connectivity index (χ4n) is 2.12. The van der Waals surface area contributed by atoms with Crippen molar-refractivity contribution in [2.24, 2.45) is 0 Å². The van der Waals surface area contributed by atoms with Crippen LogP contribution in [0, 0.1) is 5.82 Å². The molecule has 0 spiro atoms. The van der Waals surface area contributed by atoms with Gasteiger partial charge >= 0.3 is 0 Å². The minimum atomic E-state index is -0.307. The number of aromatic hydroxyl groups is 1. The van der Waals surface area contributed by atoms with Gasteiger partial charge in [0.25, 0.3) is 0 Å². The number of para-hydroxylation sites is 1. The van der Waals surface area contributed by atoms with E-state index in [-0.39, 0.29) is 17.5 Å². The van der Waals surface area contributed by atoms with Gasteiger partial charge < -0.3 is 14.7 Å². The van der Waals surface area contributed by atoms with Gasteiger partial charge in [-0.1, -0.05) is 18.2 Å². The maximum absolute atomic E-state index is 12.8. The molecule has 1 amide bonds. The molecule has 2 aromatic carbocycles. The number of rotatable bonds is 7. The number of carbonyl (C=O) groups excluding carboxylic acids is 1. The summed E-state index contributed by atoms with van der Waals surface area (Å²) in [7, 11) is 1.70. The topological polar surface area (TPSA) is 49.8 Å². The fourth-order valence-corrected chi connectivity index (χ4v) is 2.12. The number of amides is 1. The molecule has 0 fully saturated rings.